The maximum atomic E-state index is 12.1. The van der Waals surface area contributed by atoms with Gasteiger partial charge in [0.15, 0.2) is 0 Å². The summed E-state index contributed by atoms with van der Waals surface area (Å²) in [5.74, 6) is -1.21. The molecule has 2 rings (SSSR count). The van der Waals surface area contributed by atoms with E-state index < -0.39 is 5.97 Å². The fourth-order valence-electron chi connectivity index (χ4n) is 2.04. The third kappa shape index (κ3) is 4.17. The van der Waals surface area contributed by atoms with E-state index in [-0.39, 0.29) is 18.4 Å². The number of hydrogen-bond acceptors (Lipinski definition) is 3. The van der Waals surface area contributed by atoms with E-state index in [0.717, 1.165) is 11.3 Å². The van der Waals surface area contributed by atoms with E-state index in [0.29, 0.717) is 12.1 Å². The molecule has 0 bridgehead atoms. The lowest BCUT2D eigenvalue weighted by molar-refractivity contribution is -0.137. The van der Waals surface area contributed by atoms with Crippen LogP contribution in [0, 0.1) is 6.92 Å². The lowest BCUT2D eigenvalue weighted by atomic mass is 10.0. The van der Waals surface area contributed by atoms with Gasteiger partial charge in [0.25, 0.3) is 5.91 Å². The van der Waals surface area contributed by atoms with Crippen LogP contribution in [0.3, 0.4) is 0 Å². The topological polar surface area (TPSA) is 95.1 Å². The zero-order chi connectivity index (χ0) is 15.2. The van der Waals surface area contributed by atoms with Crippen LogP contribution in [0.2, 0.25) is 0 Å². The van der Waals surface area contributed by atoms with Crippen molar-refractivity contribution in [2.45, 2.75) is 25.8 Å². The quantitative estimate of drug-likeness (QED) is 0.757. The molecule has 0 aliphatic heterocycles. The van der Waals surface area contributed by atoms with Crippen molar-refractivity contribution in [1.82, 2.24) is 15.5 Å². The van der Waals surface area contributed by atoms with Crippen LogP contribution in [0.1, 0.15) is 40.6 Å². The van der Waals surface area contributed by atoms with Crippen LogP contribution in [0.15, 0.2) is 36.4 Å². The number of hydrogen-bond donors (Lipinski definition) is 3. The van der Waals surface area contributed by atoms with Crippen LogP contribution in [0.4, 0.5) is 0 Å². The number of aryl methyl sites for hydroxylation is 1. The van der Waals surface area contributed by atoms with Crippen molar-refractivity contribution in [3.8, 4) is 0 Å². The minimum Gasteiger partial charge on any atom is -0.481 e. The molecule has 6 heteroatoms. The Kier molecular flexibility index (Phi) is 4.71. The number of nitrogens with zero attached hydrogens (tertiary/aromatic N) is 1. The molecule has 0 spiro atoms. The van der Waals surface area contributed by atoms with Crippen molar-refractivity contribution in [2.24, 2.45) is 0 Å². The second-order valence-electron chi connectivity index (χ2n) is 4.81. The average Bonchev–Trinajstić information content (AvgIpc) is 2.90. The van der Waals surface area contributed by atoms with E-state index >= 15 is 0 Å². The molecule has 0 radical (unpaired) electrons. The van der Waals surface area contributed by atoms with Gasteiger partial charge in [0, 0.05) is 12.1 Å². The summed E-state index contributed by atoms with van der Waals surface area (Å²) in [5, 5.41) is 18.3. The summed E-state index contributed by atoms with van der Waals surface area (Å²) >= 11 is 0. The number of H-pyrrole nitrogens is 1. The minimum atomic E-state index is -0.888. The molecule has 2 aromatic rings. The first-order valence-electron chi connectivity index (χ1n) is 6.66. The number of carboxylic acids is 1. The summed E-state index contributed by atoms with van der Waals surface area (Å²) in [6.45, 7) is 1.81. The Morgan fingerprint density at radius 1 is 1.33 bits per heavy atom. The number of aromatic nitrogens is 2. The molecule has 1 unspecified atom stereocenters. The van der Waals surface area contributed by atoms with E-state index in [1.165, 1.54) is 0 Å². The van der Waals surface area contributed by atoms with Crippen molar-refractivity contribution in [3.05, 3.63) is 53.3 Å². The number of aromatic amines is 1. The minimum absolute atomic E-state index is 0.0145. The largest absolute Gasteiger partial charge is 0.481 e. The lowest BCUT2D eigenvalue weighted by Gasteiger charge is -2.17. The monoisotopic (exact) mass is 287 g/mol. The highest BCUT2D eigenvalue weighted by Crippen LogP contribution is 2.19. The normalized spacial score (nSPS) is 11.9. The van der Waals surface area contributed by atoms with Gasteiger partial charge in [-0.15, -0.1) is 0 Å². The predicted octanol–water partition coefficient (Wildman–Crippen LogP) is 2.05. The third-order valence-electron chi connectivity index (χ3n) is 3.09. The first kappa shape index (κ1) is 14.8. The third-order valence-corrected chi connectivity index (χ3v) is 3.09. The van der Waals surface area contributed by atoms with Crippen molar-refractivity contribution in [3.63, 3.8) is 0 Å². The SMILES string of the molecule is Cc1cc(C(=O)NC(CCC(=O)O)c2ccccc2)n[nH]1. The van der Waals surface area contributed by atoms with Crippen molar-refractivity contribution >= 4 is 11.9 Å². The van der Waals surface area contributed by atoms with Gasteiger partial charge in [-0.25, -0.2) is 0 Å². The number of benzene rings is 1. The fraction of sp³-hybridized carbons (Fsp3) is 0.267. The Balaban J connectivity index is 2.12. The number of carbonyl (C=O) groups is 2. The Morgan fingerprint density at radius 3 is 2.62 bits per heavy atom. The Hall–Kier alpha value is -2.63. The van der Waals surface area contributed by atoms with E-state index in [1.807, 2.05) is 37.3 Å². The molecule has 0 saturated heterocycles. The van der Waals surface area contributed by atoms with Crippen LogP contribution in [-0.2, 0) is 4.79 Å². The first-order valence-corrected chi connectivity index (χ1v) is 6.66. The lowest BCUT2D eigenvalue weighted by Crippen LogP contribution is -2.29. The van der Waals surface area contributed by atoms with E-state index in [1.54, 1.807) is 6.07 Å². The number of nitrogens with one attached hydrogen (secondary N) is 2. The van der Waals surface area contributed by atoms with Gasteiger partial charge in [-0.05, 0) is 25.0 Å². The molecular formula is C15H17N3O3. The van der Waals surface area contributed by atoms with Crippen molar-refractivity contribution < 1.29 is 14.7 Å². The molecule has 3 N–H and O–H groups in total. The predicted molar refractivity (Wildman–Crippen MR) is 76.8 cm³/mol. The molecule has 21 heavy (non-hydrogen) atoms. The number of amides is 1. The molecule has 0 aliphatic rings. The number of carbonyl (C=O) groups excluding carboxylic acids is 1. The summed E-state index contributed by atoms with van der Waals surface area (Å²) in [6, 6.07) is 10.6. The molecular weight excluding hydrogens is 270 g/mol. The van der Waals surface area contributed by atoms with Gasteiger partial charge in [-0.3, -0.25) is 14.7 Å². The second kappa shape index (κ2) is 6.69. The maximum absolute atomic E-state index is 12.1. The maximum Gasteiger partial charge on any atom is 0.303 e. The van der Waals surface area contributed by atoms with Gasteiger partial charge < -0.3 is 10.4 Å². The van der Waals surface area contributed by atoms with Crippen LogP contribution < -0.4 is 5.32 Å². The van der Waals surface area contributed by atoms with Gasteiger partial charge in [-0.2, -0.15) is 5.10 Å². The van der Waals surface area contributed by atoms with Crippen molar-refractivity contribution in [2.75, 3.05) is 0 Å². The summed E-state index contributed by atoms with van der Waals surface area (Å²) in [5.41, 5.74) is 1.96. The Bertz CT molecular complexity index is 622. The molecule has 6 nitrogen and oxygen atoms in total. The highest BCUT2D eigenvalue weighted by atomic mass is 16.4. The van der Waals surface area contributed by atoms with Gasteiger partial charge in [0.2, 0.25) is 0 Å². The molecule has 1 atom stereocenters. The van der Waals surface area contributed by atoms with Crippen molar-refractivity contribution in [1.29, 1.82) is 0 Å². The standard InChI is InChI=1S/C15H17N3O3/c1-10-9-13(18-17-10)15(21)16-12(7-8-14(19)20)11-5-3-2-4-6-11/h2-6,9,12H,7-8H2,1H3,(H,16,21)(H,17,18)(H,19,20). The van der Waals surface area contributed by atoms with Gasteiger partial charge in [0.05, 0.1) is 6.04 Å². The molecule has 0 saturated carbocycles. The molecule has 0 fully saturated rings. The highest BCUT2D eigenvalue weighted by molar-refractivity contribution is 5.92. The summed E-state index contributed by atoms with van der Waals surface area (Å²) in [7, 11) is 0. The van der Waals surface area contributed by atoms with Gasteiger partial charge >= 0.3 is 5.97 Å². The zero-order valence-corrected chi connectivity index (χ0v) is 11.7. The molecule has 0 aliphatic carbocycles. The zero-order valence-electron chi connectivity index (χ0n) is 11.7. The summed E-state index contributed by atoms with van der Waals surface area (Å²) in [4.78, 5) is 22.9. The van der Waals surface area contributed by atoms with E-state index in [2.05, 4.69) is 15.5 Å². The van der Waals surface area contributed by atoms with Gasteiger partial charge in [-0.1, -0.05) is 30.3 Å². The summed E-state index contributed by atoms with van der Waals surface area (Å²) in [6.07, 6.45) is 0.313. The fourth-order valence-corrected chi connectivity index (χ4v) is 2.04. The van der Waals surface area contributed by atoms with Crippen LogP contribution in [-0.4, -0.2) is 27.2 Å². The molecule has 1 aromatic carbocycles. The van der Waals surface area contributed by atoms with E-state index in [4.69, 9.17) is 5.11 Å². The Morgan fingerprint density at radius 2 is 2.05 bits per heavy atom. The molecule has 1 amide bonds. The first-order chi connectivity index (χ1) is 10.1. The average molecular weight is 287 g/mol. The number of carboxylic acid groups (broad SMARTS) is 1. The van der Waals surface area contributed by atoms with Crippen LogP contribution in [0.25, 0.3) is 0 Å². The van der Waals surface area contributed by atoms with Crippen LogP contribution >= 0.6 is 0 Å². The number of rotatable bonds is 6. The molecule has 110 valence electrons. The molecule has 1 heterocycles. The Labute approximate surface area is 122 Å². The second-order valence-corrected chi connectivity index (χ2v) is 4.81. The van der Waals surface area contributed by atoms with Gasteiger partial charge in [0.1, 0.15) is 5.69 Å². The summed E-state index contributed by atoms with van der Waals surface area (Å²) < 4.78 is 0. The number of aliphatic carboxylic acids is 1. The highest BCUT2D eigenvalue weighted by Gasteiger charge is 2.18. The van der Waals surface area contributed by atoms with Crippen LogP contribution in [0.5, 0.6) is 0 Å². The smallest absolute Gasteiger partial charge is 0.303 e. The molecule has 1 aromatic heterocycles. The van der Waals surface area contributed by atoms with E-state index in [9.17, 15) is 9.59 Å².